The van der Waals surface area contributed by atoms with E-state index in [1.807, 2.05) is 55.6 Å². The van der Waals surface area contributed by atoms with Crippen molar-refractivity contribution in [3.63, 3.8) is 0 Å². The first-order valence-electron chi connectivity index (χ1n) is 5.86. The van der Waals surface area contributed by atoms with Gasteiger partial charge < -0.3 is 4.74 Å². The van der Waals surface area contributed by atoms with E-state index in [-0.39, 0.29) is 0 Å². The van der Waals surface area contributed by atoms with Crippen LogP contribution in [0.4, 0.5) is 5.69 Å². The molecule has 0 bridgehead atoms. The average molecular weight is 275 g/mol. The Morgan fingerprint density at radius 2 is 1.68 bits per heavy atom. The molecule has 2 aromatic rings. The number of ether oxygens (including phenoxy) is 1. The predicted molar refractivity (Wildman–Crippen MR) is 80.4 cm³/mol. The van der Waals surface area contributed by atoms with E-state index in [1.54, 1.807) is 18.3 Å². The summed E-state index contributed by atoms with van der Waals surface area (Å²) in [5.74, 6) is 0.836. The normalized spacial score (nSPS) is 10.7. The molecule has 0 heterocycles. The molecule has 0 aromatic heterocycles. The Morgan fingerprint density at radius 3 is 2.26 bits per heavy atom. The maximum atomic E-state index is 5.85. The van der Waals surface area contributed by atoms with Crippen molar-refractivity contribution < 1.29 is 4.74 Å². The van der Waals surface area contributed by atoms with Crippen LogP contribution in [0.3, 0.4) is 0 Å². The number of hydrazone groups is 1. The number of nitrogens with zero attached hydrogens (tertiary/aromatic N) is 2. The lowest BCUT2D eigenvalue weighted by molar-refractivity contribution is 0.415. The second-order valence-corrected chi connectivity index (χ2v) is 4.45. The van der Waals surface area contributed by atoms with E-state index in [0.717, 1.165) is 22.0 Å². The minimum absolute atomic E-state index is 0.719. The highest BCUT2D eigenvalue weighted by atomic mass is 35.5. The summed E-state index contributed by atoms with van der Waals surface area (Å²) < 4.78 is 5.11. The maximum absolute atomic E-state index is 5.85. The predicted octanol–water partition coefficient (Wildman–Crippen LogP) is 3.82. The number of halogens is 1. The summed E-state index contributed by atoms with van der Waals surface area (Å²) in [5, 5.41) is 6.89. The molecule has 3 nitrogen and oxygen atoms in total. The second kappa shape index (κ2) is 6.25. The largest absolute Gasteiger partial charge is 0.497 e. The van der Waals surface area contributed by atoms with E-state index < -0.39 is 0 Å². The molecule has 98 valence electrons. The van der Waals surface area contributed by atoms with Gasteiger partial charge in [0.1, 0.15) is 5.75 Å². The fraction of sp³-hybridized carbons (Fsp3) is 0.133. The Morgan fingerprint density at radius 1 is 1.05 bits per heavy atom. The molecule has 0 unspecified atom stereocenters. The van der Waals surface area contributed by atoms with Gasteiger partial charge in [0.25, 0.3) is 0 Å². The van der Waals surface area contributed by atoms with Crippen molar-refractivity contribution >= 4 is 23.5 Å². The molecule has 0 amide bonds. The maximum Gasteiger partial charge on any atom is 0.118 e. The van der Waals surface area contributed by atoms with Crippen LogP contribution in [0, 0.1) is 0 Å². The molecule has 0 N–H and O–H groups in total. The second-order valence-electron chi connectivity index (χ2n) is 4.02. The first-order chi connectivity index (χ1) is 9.19. The Hall–Kier alpha value is -2.00. The molecule has 4 heteroatoms. The summed E-state index contributed by atoms with van der Waals surface area (Å²) in [6, 6.07) is 15.3. The third-order valence-corrected chi connectivity index (χ3v) is 2.95. The Balaban J connectivity index is 2.06. The van der Waals surface area contributed by atoms with Crippen molar-refractivity contribution in [1.29, 1.82) is 0 Å². The molecule has 0 aliphatic rings. The van der Waals surface area contributed by atoms with Crippen molar-refractivity contribution in [2.24, 2.45) is 5.10 Å². The molecule has 0 fully saturated rings. The Kier molecular flexibility index (Phi) is 4.42. The summed E-state index contributed by atoms with van der Waals surface area (Å²) in [5.41, 5.74) is 2.00. The first kappa shape index (κ1) is 13.4. The van der Waals surface area contributed by atoms with Gasteiger partial charge in [-0.2, -0.15) is 5.10 Å². The number of methoxy groups -OCH3 is 1. The van der Waals surface area contributed by atoms with Gasteiger partial charge >= 0.3 is 0 Å². The van der Waals surface area contributed by atoms with Crippen LogP contribution in [0.25, 0.3) is 0 Å². The van der Waals surface area contributed by atoms with E-state index in [4.69, 9.17) is 16.3 Å². The number of anilines is 1. The van der Waals surface area contributed by atoms with Gasteiger partial charge in [-0.25, -0.2) is 0 Å². The van der Waals surface area contributed by atoms with Gasteiger partial charge in [-0.05, 0) is 54.1 Å². The number of rotatable bonds is 4. The van der Waals surface area contributed by atoms with E-state index in [2.05, 4.69) is 5.10 Å². The lowest BCUT2D eigenvalue weighted by atomic mass is 10.2. The van der Waals surface area contributed by atoms with Gasteiger partial charge in [-0.15, -0.1) is 0 Å². The summed E-state index contributed by atoms with van der Waals surface area (Å²) in [7, 11) is 3.54. The van der Waals surface area contributed by atoms with Crippen LogP contribution in [-0.2, 0) is 0 Å². The van der Waals surface area contributed by atoms with E-state index in [9.17, 15) is 0 Å². The molecular formula is C15H15ClN2O. The molecule has 0 spiro atoms. The van der Waals surface area contributed by atoms with E-state index >= 15 is 0 Å². The van der Waals surface area contributed by atoms with Gasteiger partial charge in [0.05, 0.1) is 19.0 Å². The van der Waals surface area contributed by atoms with Crippen LogP contribution in [0.2, 0.25) is 5.02 Å². The SMILES string of the molecule is COc1ccc(/C=N/N(C)c2ccc(Cl)cc2)cc1. The minimum atomic E-state index is 0.719. The smallest absolute Gasteiger partial charge is 0.118 e. The Bertz CT molecular complexity index is 549. The molecule has 0 atom stereocenters. The van der Waals surface area contributed by atoms with Crippen molar-refractivity contribution in [3.05, 3.63) is 59.1 Å². The lowest BCUT2D eigenvalue weighted by Gasteiger charge is -2.12. The van der Waals surface area contributed by atoms with Crippen molar-refractivity contribution in [3.8, 4) is 5.75 Å². The van der Waals surface area contributed by atoms with Crippen molar-refractivity contribution in [2.75, 3.05) is 19.2 Å². The highest BCUT2D eigenvalue weighted by Gasteiger charge is 1.97. The molecule has 0 saturated carbocycles. The summed E-state index contributed by atoms with van der Waals surface area (Å²) >= 11 is 5.85. The van der Waals surface area contributed by atoms with E-state index in [0.29, 0.717) is 0 Å². The summed E-state index contributed by atoms with van der Waals surface area (Å²) in [6.45, 7) is 0. The third-order valence-electron chi connectivity index (χ3n) is 2.70. The average Bonchev–Trinajstić information content (AvgIpc) is 2.46. The van der Waals surface area contributed by atoms with Gasteiger partial charge in [-0.3, -0.25) is 5.01 Å². The molecule has 0 saturated heterocycles. The third kappa shape index (κ3) is 3.73. The van der Waals surface area contributed by atoms with Gasteiger partial charge in [0.2, 0.25) is 0 Å². The number of hydrogen-bond donors (Lipinski definition) is 0. The van der Waals surface area contributed by atoms with Crippen molar-refractivity contribution in [2.45, 2.75) is 0 Å². The summed E-state index contributed by atoms with van der Waals surface area (Å²) in [4.78, 5) is 0. The highest BCUT2D eigenvalue weighted by molar-refractivity contribution is 6.30. The topological polar surface area (TPSA) is 24.8 Å². The van der Waals surface area contributed by atoms with Crippen LogP contribution in [-0.4, -0.2) is 20.4 Å². The van der Waals surface area contributed by atoms with Crippen LogP contribution in [0.1, 0.15) is 5.56 Å². The van der Waals surface area contributed by atoms with Crippen molar-refractivity contribution in [1.82, 2.24) is 0 Å². The van der Waals surface area contributed by atoms with Gasteiger partial charge in [-0.1, -0.05) is 11.6 Å². The standard InChI is InChI=1S/C15H15ClN2O/c1-18(14-7-5-13(16)6-8-14)17-11-12-3-9-15(19-2)10-4-12/h3-11H,1-2H3/b17-11+. The highest BCUT2D eigenvalue weighted by Crippen LogP contribution is 2.17. The molecular weight excluding hydrogens is 260 g/mol. The van der Waals surface area contributed by atoms with Gasteiger partial charge in [0, 0.05) is 12.1 Å². The molecule has 2 rings (SSSR count). The zero-order valence-corrected chi connectivity index (χ0v) is 11.6. The number of benzene rings is 2. The fourth-order valence-electron chi connectivity index (χ4n) is 1.57. The molecule has 0 aliphatic carbocycles. The Labute approximate surface area is 118 Å². The first-order valence-corrected chi connectivity index (χ1v) is 6.24. The number of hydrogen-bond acceptors (Lipinski definition) is 3. The van der Waals surface area contributed by atoms with Gasteiger partial charge in [0.15, 0.2) is 0 Å². The van der Waals surface area contributed by atoms with Crippen LogP contribution >= 0.6 is 11.6 Å². The van der Waals surface area contributed by atoms with Crippen LogP contribution < -0.4 is 9.75 Å². The minimum Gasteiger partial charge on any atom is -0.497 e. The van der Waals surface area contributed by atoms with Crippen LogP contribution in [0.15, 0.2) is 53.6 Å². The summed E-state index contributed by atoms with van der Waals surface area (Å²) in [6.07, 6.45) is 1.80. The zero-order valence-electron chi connectivity index (χ0n) is 10.9. The van der Waals surface area contributed by atoms with Crippen LogP contribution in [0.5, 0.6) is 5.75 Å². The monoisotopic (exact) mass is 274 g/mol. The fourth-order valence-corrected chi connectivity index (χ4v) is 1.69. The zero-order chi connectivity index (χ0) is 13.7. The molecule has 0 aliphatic heterocycles. The lowest BCUT2D eigenvalue weighted by Crippen LogP contribution is -2.08. The van der Waals surface area contributed by atoms with E-state index in [1.165, 1.54) is 0 Å². The molecule has 0 radical (unpaired) electrons. The quantitative estimate of drug-likeness (QED) is 0.625. The molecule has 2 aromatic carbocycles. The molecule has 19 heavy (non-hydrogen) atoms.